The van der Waals surface area contributed by atoms with Crippen molar-refractivity contribution in [1.29, 1.82) is 0 Å². The molecule has 0 aliphatic carbocycles. The molecule has 1 saturated heterocycles. The van der Waals surface area contributed by atoms with Crippen LogP contribution >= 0.6 is 35.1 Å². The second-order valence-electron chi connectivity index (χ2n) is 5.80. The summed E-state index contributed by atoms with van der Waals surface area (Å²) in [5.74, 6) is 1.81. The molecule has 0 unspecified atom stereocenters. The largest absolute Gasteiger partial charge is 0.496 e. The number of amides is 2. The number of nitrogens with one attached hydrogen (secondary N) is 2. The van der Waals surface area contributed by atoms with Crippen molar-refractivity contribution in [3.05, 3.63) is 64.2 Å². The normalized spacial score (nSPS) is 14.4. The van der Waals surface area contributed by atoms with Crippen molar-refractivity contribution in [2.75, 3.05) is 18.6 Å². The van der Waals surface area contributed by atoms with E-state index in [4.69, 9.17) is 16.3 Å². The zero-order chi connectivity index (χ0) is 19.2. The molecule has 0 atom stereocenters. The van der Waals surface area contributed by atoms with Gasteiger partial charge in [0.25, 0.3) is 11.8 Å². The first-order chi connectivity index (χ1) is 13.1. The highest BCUT2D eigenvalue weighted by Crippen LogP contribution is 2.43. The van der Waals surface area contributed by atoms with Gasteiger partial charge in [-0.15, -0.1) is 23.5 Å². The lowest BCUT2D eigenvalue weighted by Gasteiger charge is -2.21. The molecular weight excluding hydrogens is 404 g/mol. The Morgan fingerprint density at radius 1 is 1.04 bits per heavy atom. The molecular formula is C19H19ClN2O3S2. The van der Waals surface area contributed by atoms with Gasteiger partial charge in [-0.05, 0) is 53.8 Å². The maximum Gasteiger partial charge on any atom is 0.273 e. The Morgan fingerprint density at radius 3 is 2.37 bits per heavy atom. The van der Waals surface area contributed by atoms with E-state index in [1.165, 1.54) is 36.7 Å². The van der Waals surface area contributed by atoms with Crippen LogP contribution in [0.5, 0.6) is 5.75 Å². The van der Waals surface area contributed by atoms with Gasteiger partial charge in [-0.1, -0.05) is 23.7 Å². The smallest absolute Gasteiger partial charge is 0.273 e. The Kier molecular flexibility index (Phi) is 6.93. The Morgan fingerprint density at radius 2 is 1.70 bits per heavy atom. The Labute approximate surface area is 171 Å². The van der Waals surface area contributed by atoms with Crippen molar-refractivity contribution in [2.45, 2.75) is 11.0 Å². The van der Waals surface area contributed by atoms with Crippen LogP contribution in [-0.2, 0) is 0 Å². The third kappa shape index (κ3) is 5.12. The third-order valence-electron chi connectivity index (χ3n) is 3.97. The lowest BCUT2D eigenvalue weighted by molar-refractivity contribution is 0.0845. The van der Waals surface area contributed by atoms with Crippen molar-refractivity contribution < 1.29 is 14.3 Å². The average Bonchev–Trinajstić information content (AvgIpc) is 2.72. The molecule has 3 rings (SSSR count). The summed E-state index contributed by atoms with van der Waals surface area (Å²) in [5.41, 5.74) is 6.73. The van der Waals surface area contributed by atoms with Crippen LogP contribution in [0.15, 0.2) is 42.5 Å². The fourth-order valence-electron chi connectivity index (χ4n) is 2.58. The SMILES string of the molecule is COc1ccc(Cl)cc1C(=O)NNC(=O)c1ccc(C2SCCCS2)cc1. The van der Waals surface area contributed by atoms with Gasteiger partial charge in [0.15, 0.2) is 0 Å². The van der Waals surface area contributed by atoms with Gasteiger partial charge in [0.05, 0.1) is 17.3 Å². The second-order valence-corrected chi connectivity index (χ2v) is 8.96. The number of halogens is 1. The minimum Gasteiger partial charge on any atom is -0.496 e. The topological polar surface area (TPSA) is 67.4 Å². The van der Waals surface area contributed by atoms with E-state index in [1.54, 1.807) is 24.3 Å². The van der Waals surface area contributed by atoms with E-state index in [2.05, 4.69) is 10.9 Å². The first kappa shape index (κ1) is 19.9. The predicted octanol–water partition coefficient (Wildman–Crippen LogP) is 4.29. The predicted molar refractivity (Wildman–Crippen MR) is 112 cm³/mol. The van der Waals surface area contributed by atoms with Gasteiger partial charge < -0.3 is 4.74 Å². The molecule has 27 heavy (non-hydrogen) atoms. The fourth-order valence-corrected chi connectivity index (χ4v) is 5.65. The molecule has 2 aromatic rings. The molecule has 0 bridgehead atoms. The number of carbonyl (C=O) groups excluding carboxylic acids is 2. The van der Waals surface area contributed by atoms with Crippen LogP contribution in [0, 0.1) is 0 Å². The maximum atomic E-state index is 12.3. The molecule has 5 nitrogen and oxygen atoms in total. The lowest BCUT2D eigenvalue weighted by atomic mass is 10.1. The molecule has 2 N–H and O–H groups in total. The highest BCUT2D eigenvalue weighted by atomic mass is 35.5. The van der Waals surface area contributed by atoms with Crippen LogP contribution in [-0.4, -0.2) is 30.4 Å². The molecule has 1 aliphatic rings. The molecule has 2 aromatic carbocycles. The summed E-state index contributed by atoms with van der Waals surface area (Å²) >= 11 is 9.79. The number of benzene rings is 2. The molecule has 2 amide bonds. The summed E-state index contributed by atoms with van der Waals surface area (Å²) < 4.78 is 5.57. The van der Waals surface area contributed by atoms with Crippen molar-refractivity contribution in [3.8, 4) is 5.75 Å². The summed E-state index contributed by atoms with van der Waals surface area (Å²) in [6, 6.07) is 12.2. The molecule has 0 spiro atoms. The number of ether oxygens (including phenoxy) is 1. The molecule has 0 radical (unpaired) electrons. The fraction of sp³-hybridized carbons (Fsp3) is 0.263. The van der Waals surface area contributed by atoms with E-state index in [1.807, 2.05) is 35.7 Å². The van der Waals surface area contributed by atoms with Gasteiger partial charge in [0, 0.05) is 10.6 Å². The van der Waals surface area contributed by atoms with E-state index in [9.17, 15) is 9.59 Å². The zero-order valence-electron chi connectivity index (χ0n) is 14.7. The summed E-state index contributed by atoms with van der Waals surface area (Å²) in [6.07, 6.45) is 1.24. The standard InChI is InChI=1S/C19H19ClN2O3S2/c1-25-16-8-7-14(20)11-15(16)18(24)22-21-17(23)12-3-5-13(6-4-12)19-26-9-2-10-27-19/h3-8,11,19H,2,9-10H2,1H3,(H,21,23)(H,22,24). The zero-order valence-corrected chi connectivity index (χ0v) is 17.0. The van der Waals surface area contributed by atoms with Gasteiger partial charge in [-0.25, -0.2) is 0 Å². The highest BCUT2D eigenvalue weighted by Gasteiger charge is 2.18. The van der Waals surface area contributed by atoms with Crippen molar-refractivity contribution in [2.24, 2.45) is 0 Å². The average molecular weight is 423 g/mol. The van der Waals surface area contributed by atoms with Gasteiger partial charge >= 0.3 is 0 Å². The molecule has 1 fully saturated rings. The van der Waals surface area contributed by atoms with Crippen LogP contribution in [0.25, 0.3) is 0 Å². The number of rotatable bonds is 4. The molecule has 0 saturated carbocycles. The minimum atomic E-state index is -0.505. The summed E-state index contributed by atoms with van der Waals surface area (Å²) in [7, 11) is 1.46. The Bertz CT molecular complexity index is 824. The number of hydrazine groups is 1. The highest BCUT2D eigenvalue weighted by molar-refractivity contribution is 8.16. The quantitative estimate of drug-likeness (QED) is 0.719. The first-order valence-electron chi connectivity index (χ1n) is 8.36. The molecule has 1 heterocycles. The Hall–Kier alpha value is -1.83. The molecule has 142 valence electrons. The molecule has 0 aromatic heterocycles. The second kappa shape index (κ2) is 9.39. The first-order valence-corrected chi connectivity index (χ1v) is 10.8. The number of methoxy groups -OCH3 is 1. The minimum absolute atomic E-state index is 0.243. The van der Waals surface area contributed by atoms with Gasteiger partial charge in [0.1, 0.15) is 5.75 Å². The van der Waals surface area contributed by atoms with Gasteiger partial charge in [-0.3, -0.25) is 20.4 Å². The van der Waals surface area contributed by atoms with Crippen LogP contribution in [0.4, 0.5) is 0 Å². The Balaban J connectivity index is 1.60. The van der Waals surface area contributed by atoms with Crippen molar-refractivity contribution >= 4 is 46.9 Å². The number of hydrogen-bond donors (Lipinski definition) is 2. The van der Waals surface area contributed by atoms with E-state index >= 15 is 0 Å². The summed E-state index contributed by atoms with van der Waals surface area (Å²) in [5, 5.41) is 0.404. The van der Waals surface area contributed by atoms with E-state index < -0.39 is 5.91 Å². The lowest BCUT2D eigenvalue weighted by Crippen LogP contribution is -2.41. The van der Waals surface area contributed by atoms with Crippen LogP contribution in [0.3, 0.4) is 0 Å². The monoisotopic (exact) mass is 422 g/mol. The third-order valence-corrected chi connectivity index (χ3v) is 7.22. The summed E-state index contributed by atoms with van der Waals surface area (Å²) in [6.45, 7) is 0. The van der Waals surface area contributed by atoms with Gasteiger partial charge in [-0.2, -0.15) is 0 Å². The maximum absolute atomic E-state index is 12.3. The van der Waals surface area contributed by atoms with E-state index in [0.717, 1.165) is 0 Å². The number of thioether (sulfide) groups is 2. The summed E-state index contributed by atoms with van der Waals surface area (Å²) in [4.78, 5) is 24.6. The van der Waals surface area contributed by atoms with Crippen molar-refractivity contribution in [1.82, 2.24) is 10.9 Å². The van der Waals surface area contributed by atoms with E-state index in [0.29, 0.717) is 20.9 Å². The van der Waals surface area contributed by atoms with Gasteiger partial charge in [0.2, 0.25) is 0 Å². The van der Waals surface area contributed by atoms with E-state index in [-0.39, 0.29) is 11.5 Å². The molecule has 8 heteroatoms. The van der Waals surface area contributed by atoms with Crippen LogP contribution in [0.1, 0.15) is 37.3 Å². The molecule has 1 aliphatic heterocycles. The number of carbonyl (C=O) groups is 2. The van der Waals surface area contributed by atoms with Crippen LogP contribution in [0.2, 0.25) is 5.02 Å². The van der Waals surface area contributed by atoms with Crippen molar-refractivity contribution in [3.63, 3.8) is 0 Å². The number of hydrogen-bond acceptors (Lipinski definition) is 5. The van der Waals surface area contributed by atoms with Crippen LogP contribution < -0.4 is 15.6 Å².